The van der Waals surface area contributed by atoms with Crippen LogP contribution in [0.3, 0.4) is 0 Å². The molecule has 1 N–H and O–H groups in total. The fourth-order valence-corrected chi connectivity index (χ4v) is 5.06. The summed E-state index contributed by atoms with van der Waals surface area (Å²) < 4.78 is 49.8. The molecule has 0 aromatic heterocycles. The molecule has 0 bridgehead atoms. The van der Waals surface area contributed by atoms with Gasteiger partial charge in [0.15, 0.2) is 9.84 Å². The molecule has 24 heavy (non-hydrogen) atoms. The van der Waals surface area contributed by atoms with E-state index >= 15 is 0 Å². The van der Waals surface area contributed by atoms with Crippen molar-refractivity contribution in [2.75, 3.05) is 25.9 Å². The maximum absolute atomic E-state index is 12.7. The van der Waals surface area contributed by atoms with Crippen molar-refractivity contribution < 1.29 is 16.8 Å². The van der Waals surface area contributed by atoms with Crippen LogP contribution in [0.15, 0.2) is 34.1 Å². The van der Waals surface area contributed by atoms with Crippen LogP contribution in [0.4, 0.5) is 0 Å². The number of rotatable bonds is 6. The van der Waals surface area contributed by atoms with Crippen molar-refractivity contribution >= 4 is 19.9 Å². The standard InChI is InChI=1S/C16H24N2O4S2/c1-23(19,20)15-4-6-16(7-5-15)24(21,22)18-10-8-14(9-11-18)17-12-13-2-3-13/h4-7,13-14,17H,2-3,8-12H2,1H3. The number of nitrogens with zero attached hydrogens (tertiary/aromatic N) is 1. The molecule has 0 spiro atoms. The van der Waals surface area contributed by atoms with E-state index in [1.54, 1.807) is 0 Å². The van der Waals surface area contributed by atoms with Gasteiger partial charge in [0, 0.05) is 25.4 Å². The summed E-state index contributed by atoms with van der Waals surface area (Å²) in [5.41, 5.74) is 0. The summed E-state index contributed by atoms with van der Waals surface area (Å²) in [5, 5.41) is 3.53. The quantitative estimate of drug-likeness (QED) is 0.812. The highest BCUT2D eigenvalue weighted by molar-refractivity contribution is 7.90. The van der Waals surface area contributed by atoms with Gasteiger partial charge in [-0.3, -0.25) is 0 Å². The van der Waals surface area contributed by atoms with Gasteiger partial charge in [-0.05, 0) is 62.4 Å². The summed E-state index contributed by atoms with van der Waals surface area (Å²) >= 11 is 0. The van der Waals surface area contributed by atoms with Crippen molar-refractivity contribution in [1.82, 2.24) is 9.62 Å². The Labute approximate surface area is 144 Å². The Balaban J connectivity index is 1.63. The fourth-order valence-electron chi connectivity index (χ4n) is 2.96. The number of benzene rings is 1. The Morgan fingerprint density at radius 3 is 2.00 bits per heavy atom. The topological polar surface area (TPSA) is 83.5 Å². The van der Waals surface area contributed by atoms with Gasteiger partial charge in [-0.15, -0.1) is 0 Å². The Kier molecular flexibility index (Phi) is 5.01. The first kappa shape index (κ1) is 17.8. The third-order valence-electron chi connectivity index (χ3n) is 4.74. The predicted octanol–water partition coefficient (Wildman–Crippen LogP) is 1.24. The van der Waals surface area contributed by atoms with Gasteiger partial charge in [0.05, 0.1) is 9.79 Å². The molecule has 0 atom stereocenters. The first-order valence-electron chi connectivity index (χ1n) is 8.30. The van der Waals surface area contributed by atoms with Gasteiger partial charge in [-0.1, -0.05) is 0 Å². The van der Waals surface area contributed by atoms with Crippen molar-refractivity contribution in [3.63, 3.8) is 0 Å². The van der Waals surface area contributed by atoms with E-state index in [0.717, 1.165) is 31.6 Å². The highest BCUT2D eigenvalue weighted by atomic mass is 32.2. The second-order valence-electron chi connectivity index (χ2n) is 6.77. The molecule has 1 aliphatic heterocycles. The number of nitrogens with one attached hydrogen (secondary N) is 1. The zero-order valence-corrected chi connectivity index (χ0v) is 15.4. The maximum atomic E-state index is 12.7. The molecular formula is C16H24N2O4S2. The van der Waals surface area contributed by atoms with Gasteiger partial charge >= 0.3 is 0 Å². The van der Waals surface area contributed by atoms with Crippen molar-refractivity contribution in [3.05, 3.63) is 24.3 Å². The van der Waals surface area contributed by atoms with Gasteiger partial charge in [0.2, 0.25) is 10.0 Å². The smallest absolute Gasteiger partial charge is 0.243 e. The van der Waals surface area contributed by atoms with E-state index in [4.69, 9.17) is 0 Å². The van der Waals surface area contributed by atoms with Crippen LogP contribution in [0.5, 0.6) is 0 Å². The lowest BCUT2D eigenvalue weighted by atomic mass is 10.1. The second kappa shape index (κ2) is 6.74. The number of piperidine rings is 1. The number of sulfone groups is 1. The Morgan fingerprint density at radius 2 is 1.50 bits per heavy atom. The molecule has 134 valence electrons. The third-order valence-corrected chi connectivity index (χ3v) is 7.78. The lowest BCUT2D eigenvalue weighted by Gasteiger charge is -2.31. The van der Waals surface area contributed by atoms with E-state index < -0.39 is 19.9 Å². The summed E-state index contributed by atoms with van der Waals surface area (Å²) in [6.45, 7) is 2.04. The van der Waals surface area contributed by atoms with Crippen LogP contribution in [0.1, 0.15) is 25.7 Å². The summed E-state index contributed by atoms with van der Waals surface area (Å²) in [5.74, 6) is 0.820. The van der Waals surface area contributed by atoms with Gasteiger partial charge < -0.3 is 5.32 Å². The molecule has 0 radical (unpaired) electrons. The normalized spacial score (nSPS) is 21.0. The third kappa shape index (κ3) is 4.17. The van der Waals surface area contributed by atoms with Gasteiger partial charge in [0.1, 0.15) is 0 Å². The van der Waals surface area contributed by atoms with Crippen molar-refractivity contribution in [1.29, 1.82) is 0 Å². The van der Waals surface area contributed by atoms with Crippen LogP contribution in [-0.2, 0) is 19.9 Å². The molecule has 3 rings (SSSR count). The fraction of sp³-hybridized carbons (Fsp3) is 0.625. The summed E-state index contributed by atoms with van der Waals surface area (Å²) in [6, 6.07) is 5.86. The Bertz CT molecular complexity index is 776. The lowest BCUT2D eigenvalue weighted by Crippen LogP contribution is -2.45. The lowest BCUT2D eigenvalue weighted by molar-refractivity contribution is 0.288. The molecule has 8 heteroatoms. The molecule has 0 amide bonds. The van der Waals surface area contributed by atoms with E-state index in [9.17, 15) is 16.8 Å². The molecule has 2 fully saturated rings. The SMILES string of the molecule is CS(=O)(=O)c1ccc(S(=O)(=O)N2CCC(NCC3CC3)CC2)cc1. The zero-order valence-electron chi connectivity index (χ0n) is 13.8. The maximum Gasteiger partial charge on any atom is 0.243 e. The monoisotopic (exact) mass is 372 g/mol. The van der Waals surface area contributed by atoms with Crippen LogP contribution < -0.4 is 5.32 Å². The van der Waals surface area contributed by atoms with Crippen molar-refractivity contribution in [2.45, 2.75) is 41.5 Å². The highest BCUT2D eigenvalue weighted by Crippen LogP contribution is 2.28. The molecule has 1 heterocycles. The molecule has 1 saturated heterocycles. The predicted molar refractivity (Wildman–Crippen MR) is 92.1 cm³/mol. The molecule has 2 aliphatic rings. The Morgan fingerprint density at radius 1 is 0.958 bits per heavy atom. The summed E-state index contributed by atoms with van der Waals surface area (Å²) in [7, 11) is -6.88. The van der Waals surface area contributed by atoms with E-state index in [1.807, 2.05) is 0 Å². The van der Waals surface area contributed by atoms with Crippen LogP contribution in [0.2, 0.25) is 0 Å². The number of sulfonamides is 1. The molecule has 0 unspecified atom stereocenters. The van der Waals surface area contributed by atoms with E-state index in [0.29, 0.717) is 19.1 Å². The second-order valence-corrected chi connectivity index (χ2v) is 10.7. The van der Waals surface area contributed by atoms with Crippen LogP contribution in [-0.4, -0.2) is 53.1 Å². The average molecular weight is 373 g/mol. The molecule has 1 aromatic carbocycles. The Hall–Kier alpha value is -0.960. The largest absolute Gasteiger partial charge is 0.314 e. The van der Waals surface area contributed by atoms with Gasteiger partial charge in [-0.25, -0.2) is 16.8 Å². The minimum absolute atomic E-state index is 0.129. The highest BCUT2D eigenvalue weighted by Gasteiger charge is 2.30. The van der Waals surface area contributed by atoms with E-state index in [-0.39, 0.29) is 9.79 Å². The molecular weight excluding hydrogens is 348 g/mol. The molecule has 1 saturated carbocycles. The van der Waals surface area contributed by atoms with E-state index in [1.165, 1.54) is 41.4 Å². The zero-order chi connectivity index (χ0) is 17.4. The first-order chi connectivity index (χ1) is 11.3. The number of hydrogen-bond acceptors (Lipinski definition) is 5. The first-order valence-corrected chi connectivity index (χ1v) is 11.6. The van der Waals surface area contributed by atoms with Gasteiger partial charge in [0.25, 0.3) is 0 Å². The summed E-state index contributed by atoms with van der Waals surface area (Å²) in [4.78, 5) is 0.281. The van der Waals surface area contributed by atoms with Crippen molar-refractivity contribution in [3.8, 4) is 0 Å². The molecule has 1 aromatic rings. The van der Waals surface area contributed by atoms with Gasteiger partial charge in [-0.2, -0.15) is 4.31 Å². The van der Waals surface area contributed by atoms with E-state index in [2.05, 4.69) is 5.32 Å². The molecule has 1 aliphatic carbocycles. The minimum Gasteiger partial charge on any atom is -0.314 e. The van der Waals surface area contributed by atoms with Crippen molar-refractivity contribution in [2.24, 2.45) is 5.92 Å². The van der Waals surface area contributed by atoms with Crippen LogP contribution in [0.25, 0.3) is 0 Å². The number of hydrogen-bond donors (Lipinski definition) is 1. The van der Waals surface area contributed by atoms with Crippen LogP contribution >= 0.6 is 0 Å². The van der Waals surface area contributed by atoms with Crippen LogP contribution in [0, 0.1) is 5.92 Å². The molecule has 6 nitrogen and oxygen atoms in total. The summed E-state index contributed by atoms with van der Waals surface area (Å²) in [6.07, 6.45) is 5.35. The average Bonchev–Trinajstić information content (AvgIpc) is 3.37. The minimum atomic E-state index is -3.56.